The second-order valence-electron chi connectivity index (χ2n) is 4.27. The molecule has 1 unspecified atom stereocenters. The molecule has 100 valence electrons. The van der Waals surface area contributed by atoms with Gasteiger partial charge in [0.1, 0.15) is 11.6 Å². The molecule has 1 amide bonds. The standard InChI is InChI=1S/C12H13F2NO.C2H6/c1-8-4-5-15(7-8)12(16)10-3-2-9(13)6-11(10)14;1-2/h2-3,6,8H,4-5,7H2,1H3;1-2H3. The Bertz CT molecular complexity index is 420. The van der Waals surface area contributed by atoms with E-state index < -0.39 is 11.6 Å². The molecule has 0 aromatic heterocycles. The third-order valence-electron chi connectivity index (χ3n) is 2.87. The van der Waals surface area contributed by atoms with Crippen LogP contribution < -0.4 is 0 Å². The topological polar surface area (TPSA) is 20.3 Å². The van der Waals surface area contributed by atoms with E-state index >= 15 is 0 Å². The second-order valence-corrected chi connectivity index (χ2v) is 4.27. The van der Waals surface area contributed by atoms with Crippen molar-refractivity contribution in [3.05, 3.63) is 35.4 Å². The first kappa shape index (κ1) is 14.6. The van der Waals surface area contributed by atoms with Crippen molar-refractivity contribution >= 4 is 5.91 Å². The van der Waals surface area contributed by atoms with E-state index in [4.69, 9.17) is 0 Å². The fourth-order valence-electron chi connectivity index (χ4n) is 1.95. The van der Waals surface area contributed by atoms with Crippen LogP contribution in [0.15, 0.2) is 18.2 Å². The van der Waals surface area contributed by atoms with Crippen molar-refractivity contribution in [3.63, 3.8) is 0 Å². The highest BCUT2D eigenvalue weighted by Crippen LogP contribution is 2.19. The summed E-state index contributed by atoms with van der Waals surface area (Å²) in [6, 6.07) is 3.05. The van der Waals surface area contributed by atoms with E-state index in [1.165, 1.54) is 6.07 Å². The molecule has 0 saturated carbocycles. The number of amides is 1. The summed E-state index contributed by atoms with van der Waals surface area (Å²) in [6.07, 6.45) is 0.939. The van der Waals surface area contributed by atoms with E-state index in [0.29, 0.717) is 19.0 Å². The predicted octanol–water partition coefficient (Wildman–Crippen LogP) is 3.47. The molecule has 0 bridgehead atoms. The Morgan fingerprint density at radius 3 is 2.50 bits per heavy atom. The van der Waals surface area contributed by atoms with Crippen molar-refractivity contribution in [2.45, 2.75) is 27.2 Å². The molecule has 1 fully saturated rings. The molecule has 1 aromatic rings. The maximum absolute atomic E-state index is 13.4. The zero-order valence-corrected chi connectivity index (χ0v) is 11.0. The molecule has 18 heavy (non-hydrogen) atoms. The zero-order chi connectivity index (χ0) is 13.7. The van der Waals surface area contributed by atoms with Crippen molar-refractivity contribution < 1.29 is 13.6 Å². The third-order valence-corrected chi connectivity index (χ3v) is 2.87. The van der Waals surface area contributed by atoms with E-state index in [2.05, 4.69) is 0 Å². The Hall–Kier alpha value is -1.45. The Balaban J connectivity index is 0.000000771. The quantitative estimate of drug-likeness (QED) is 0.752. The number of rotatable bonds is 1. The number of halogens is 2. The minimum Gasteiger partial charge on any atom is -0.338 e. The van der Waals surface area contributed by atoms with Gasteiger partial charge in [-0.3, -0.25) is 4.79 Å². The van der Waals surface area contributed by atoms with Crippen molar-refractivity contribution in [3.8, 4) is 0 Å². The molecule has 2 nitrogen and oxygen atoms in total. The molecule has 4 heteroatoms. The van der Waals surface area contributed by atoms with Gasteiger partial charge in [-0.25, -0.2) is 8.78 Å². The predicted molar refractivity (Wildman–Crippen MR) is 67.4 cm³/mol. The minimum atomic E-state index is -0.787. The molecule has 1 atom stereocenters. The zero-order valence-electron chi connectivity index (χ0n) is 11.0. The van der Waals surface area contributed by atoms with Gasteiger partial charge in [0.05, 0.1) is 5.56 Å². The smallest absolute Gasteiger partial charge is 0.256 e. The first-order valence-electron chi connectivity index (χ1n) is 6.32. The number of carbonyl (C=O) groups is 1. The molecule has 0 N–H and O–H groups in total. The van der Waals surface area contributed by atoms with Gasteiger partial charge in [-0.1, -0.05) is 20.8 Å². The van der Waals surface area contributed by atoms with Gasteiger partial charge in [-0.2, -0.15) is 0 Å². The van der Waals surface area contributed by atoms with Crippen LogP contribution in [0.3, 0.4) is 0 Å². The Morgan fingerprint density at radius 1 is 1.33 bits per heavy atom. The summed E-state index contributed by atoms with van der Waals surface area (Å²) >= 11 is 0. The van der Waals surface area contributed by atoms with Crippen LogP contribution in [0.1, 0.15) is 37.6 Å². The number of carbonyl (C=O) groups excluding carboxylic acids is 1. The first-order chi connectivity index (χ1) is 8.58. The molecule has 1 heterocycles. The molecular weight excluding hydrogens is 236 g/mol. The highest BCUT2D eigenvalue weighted by atomic mass is 19.1. The molecule has 1 aliphatic heterocycles. The fourth-order valence-corrected chi connectivity index (χ4v) is 1.95. The lowest BCUT2D eigenvalue weighted by atomic mass is 10.1. The van der Waals surface area contributed by atoms with Gasteiger partial charge in [0, 0.05) is 19.2 Å². The SMILES string of the molecule is CC.CC1CCN(C(=O)c2ccc(F)cc2F)C1. The molecule has 2 rings (SSSR count). The minimum absolute atomic E-state index is 0.0458. The van der Waals surface area contributed by atoms with Crippen LogP contribution in [-0.2, 0) is 0 Å². The van der Waals surface area contributed by atoms with Crippen molar-refractivity contribution in [1.82, 2.24) is 4.90 Å². The van der Waals surface area contributed by atoms with Gasteiger partial charge in [0.2, 0.25) is 0 Å². The van der Waals surface area contributed by atoms with Gasteiger partial charge >= 0.3 is 0 Å². The summed E-state index contributed by atoms with van der Waals surface area (Å²) in [5.41, 5.74) is -0.0458. The molecule has 0 spiro atoms. The van der Waals surface area contributed by atoms with E-state index in [9.17, 15) is 13.6 Å². The summed E-state index contributed by atoms with van der Waals surface area (Å²) in [4.78, 5) is 13.5. The normalized spacial score (nSPS) is 18.3. The summed E-state index contributed by atoms with van der Waals surface area (Å²) in [5, 5.41) is 0. The van der Waals surface area contributed by atoms with Crippen LogP contribution in [0, 0.1) is 17.6 Å². The average Bonchev–Trinajstić information content (AvgIpc) is 2.78. The van der Waals surface area contributed by atoms with Crippen molar-refractivity contribution in [1.29, 1.82) is 0 Å². The molecule has 0 aliphatic carbocycles. The largest absolute Gasteiger partial charge is 0.338 e. The summed E-state index contributed by atoms with van der Waals surface area (Å²) in [7, 11) is 0. The van der Waals surface area contributed by atoms with E-state index in [0.717, 1.165) is 18.6 Å². The van der Waals surface area contributed by atoms with Crippen LogP contribution in [0.2, 0.25) is 0 Å². The number of hydrogen-bond donors (Lipinski definition) is 0. The highest BCUT2D eigenvalue weighted by molar-refractivity contribution is 5.94. The second kappa shape index (κ2) is 6.47. The van der Waals surface area contributed by atoms with E-state index in [1.807, 2.05) is 20.8 Å². The number of benzene rings is 1. The Labute approximate surface area is 107 Å². The van der Waals surface area contributed by atoms with E-state index in [-0.39, 0.29) is 11.5 Å². The molecular formula is C14H19F2NO. The van der Waals surface area contributed by atoms with Crippen molar-refractivity contribution in [2.75, 3.05) is 13.1 Å². The van der Waals surface area contributed by atoms with Gasteiger partial charge in [0.15, 0.2) is 0 Å². The highest BCUT2D eigenvalue weighted by Gasteiger charge is 2.25. The number of hydrogen-bond acceptors (Lipinski definition) is 1. The summed E-state index contributed by atoms with van der Waals surface area (Å²) in [6.45, 7) is 7.35. The van der Waals surface area contributed by atoms with Gasteiger partial charge in [-0.05, 0) is 24.5 Å². The Morgan fingerprint density at radius 2 is 2.00 bits per heavy atom. The van der Waals surface area contributed by atoms with Crippen molar-refractivity contribution in [2.24, 2.45) is 5.92 Å². The lowest BCUT2D eigenvalue weighted by Crippen LogP contribution is -2.29. The Kier molecular flexibility index (Phi) is 5.25. The summed E-state index contributed by atoms with van der Waals surface area (Å²) < 4.78 is 26.0. The van der Waals surface area contributed by atoms with Gasteiger partial charge in [0.25, 0.3) is 5.91 Å². The van der Waals surface area contributed by atoms with Crippen LogP contribution in [0.5, 0.6) is 0 Å². The molecule has 1 aromatic carbocycles. The van der Waals surface area contributed by atoms with Crippen LogP contribution in [0.25, 0.3) is 0 Å². The number of nitrogens with zero attached hydrogens (tertiary/aromatic N) is 1. The van der Waals surface area contributed by atoms with E-state index in [1.54, 1.807) is 4.90 Å². The molecule has 0 radical (unpaired) electrons. The monoisotopic (exact) mass is 255 g/mol. The lowest BCUT2D eigenvalue weighted by molar-refractivity contribution is 0.0783. The lowest BCUT2D eigenvalue weighted by Gasteiger charge is -2.16. The van der Waals surface area contributed by atoms with Crippen LogP contribution in [-0.4, -0.2) is 23.9 Å². The third kappa shape index (κ3) is 3.28. The van der Waals surface area contributed by atoms with Gasteiger partial charge in [-0.15, -0.1) is 0 Å². The maximum atomic E-state index is 13.4. The van der Waals surface area contributed by atoms with Crippen LogP contribution in [0.4, 0.5) is 8.78 Å². The van der Waals surface area contributed by atoms with Crippen LogP contribution >= 0.6 is 0 Å². The fraction of sp³-hybridized carbons (Fsp3) is 0.500. The maximum Gasteiger partial charge on any atom is 0.256 e. The van der Waals surface area contributed by atoms with Gasteiger partial charge < -0.3 is 4.90 Å². The number of likely N-dealkylation sites (tertiary alicyclic amines) is 1. The molecule has 1 aliphatic rings. The first-order valence-corrected chi connectivity index (χ1v) is 6.32. The average molecular weight is 255 g/mol. The molecule has 1 saturated heterocycles. The summed E-state index contributed by atoms with van der Waals surface area (Å²) in [5.74, 6) is -1.34.